The summed E-state index contributed by atoms with van der Waals surface area (Å²) in [7, 11) is 2.18. The predicted molar refractivity (Wildman–Crippen MR) is 163 cm³/mol. The van der Waals surface area contributed by atoms with Crippen LogP contribution in [0.25, 0.3) is 44.8 Å². The maximum absolute atomic E-state index is 5.55. The van der Waals surface area contributed by atoms with Crippen molar-refractivity contribution in [3.8, 4) is 28.5 Å². The van der Waals surface area contributed by atoms with E-state index in [-0.39, 0.29) is 42.7 Å². The lowest BCUT2D eigenvalue weighted by atomic mass is 10.2. The number of halogens is 3. The number of imidazole rings is 2. The van der Waals surface area contributed by atoms with Crippen molar-refractivity contribution < 1.29 is 10.2 Å². The van der Waals surface area contributed by atoms with Crippen LogP contribution in [0.3, 0.4) is 0 Å². The summed E-state index contributed by atoms with van der Waals surface area (Å²) in [5.41, 5.74) is 7.27. The molecular formula is C27H33Cl3N6O2. The smallest absolute Gasteiger partial charge is 0.138 e. The first-order valence-electron chi connectivity index (χ1n) is 11.8. The Morgan fingerprint density at radius 3 is 1.92 bits per heavy atom. The molecule has 204 valence electrons. The minimum absolute atomic E-state index is 0. The molecule has 11 heteroatoms. The summed E-state index contributed by atoms with van der Waals surface area (Å²) in [4.78, 5) is 21.4. The number of hydrogen-bond donors (Lipinski definition) is 2. The highest BCUT2D eigenvalue weighted by molar-refractivity contribution is 5.87. The van der Waals surface area contributed by atoms with Crippen molar-refractivity contribution in [2.45, 2.75) is 6.92 Å². The van der Waals surface area contributed by atoms with Gasteiger partial charge in [-0.25, -0.2) is 9.97 Å². The molecule has 1 aliphatic rings. The molecule has 1 fully saturated rings. The number of anilines is 1. The molecule has 1 aliphatic heterocycles. The van der Waals surface area contributed by atoms with E-state index in [1.54, 1.807) is 0 Å². The summed E-state index contributed by atoms with van der Waals surface area (Å²) in [5, 5.41) is 0. The van der Waals surface area contributed by atoms with Gasteiger partial charge in [-0.2, -0.15) is 0 Å². The van der Waals surface area contributed by atoms with Crippen LogP contribution in [0.5, 0.6) is 5.75 Å². The molecule has 0 unspecified atom stereocenters. The molecular weight excluding hydrogens is 547 g/mol. The van der Waals surface area contributed by atoms with Crippen LogP contribution in [0.4, 0.5) is 5.69 Å². The Kier molecular flexibility index (Phi) is 10.8. The number of ether oxygens (including phenoxy) is 1. The molecule has 1 saturated heterocycles. The normalized spacial score (nSPS) is 13.3. The fourth-order valence-corrected chi connectivity index (χ4v) is 4.57. The Morgan fingerprint density at radius 1 is 0.737 bits per heavy atom. The Hall–Kier alpha value is -3.01. The van der Waals surface area contributed by atoms with Gasteiger partial charge in [0.05, 0.1) is 28.7 Å². The number of aromatic amines is 2. The van der Waals surface area contributed by atoms with Gasteiger partial charge in [0.15, 0.2) is 0 Å². The summed E-state index contributed by atoms with van der Waals surface area (Å²) < 4.78 is 5.55. The molecule has 0 atom stereocenters. The zero-order valence-electron chi connectivity index (χ0n) is 21.2. The van der Waals surface area contributed by atoms with Gasteiger partial charge in [0, 0.05) is 43.0 Å². The highest BCUT2D eigenvalue weighted by atomic mass is 35.5. The third-order valence-corrected chi connectivity index (χ3v) is 6.53. The molecule has 0 bridgehead atoms. The molecule has 2 aromatic heterocycles. The first kappa shape index (κ1) is 31.2. The van der Waals surface area contributed by atoms with Gasteiger partial charge in [-0.3, -0.25) is 0 Å². The van der Waals surface area contributed by atoms with Crippen molar-refractivity contribution in [1.82, 2.24) is 24.8 Å². The van der Waals surface area contributed by atoms with Crippen LogP contribution in [0.15, 0.2) is 60.7 Å². The third-order valence-electron chi connectivity index (χ3n) is 6.53. The lowest BCUT2D eigenvalue weighted by molar-refractivity contribution is 0.313. The molecule has 0 aliphatic carbocycles. The predicted octanol–water partition coefficient (Wildman–Crippen LogP) is 5.36. The number of H-pyrrole nitrogens is 2. The van der Waals surface area contributed by atoms with Gasteiger partial charge in [-0.15, -0.1) is 37.2 Å². The zero-order chi connectivity index (χ0) is 23.1. The maximum Gasteiger partial charge on any atom is 0.138 e. The van der Waals surface area contributed by atoms with Crippen molar-refractivity contribution in [1.29, 1.82) is 0 Å². The first-order valence-corrected chi connectivity index (χ1v) is 11.8. The summed E-state index contributed by atoms with van der Waals surface area (Å²) in [6.07, 6.45) is 0. The number of nitrogens with zero attached hydrogens (tertiary/aromatic N) is 4. The molecule has 0 radical (unpaired) electrons. The molecule has 5 aromatic rings. The van der Waals surface area contributed by atoms with Gasteiger partial charge >= 0.3 is 0 Å². The molecule has 0 amide bonds. The average Bonchev–Trinajstić information content (AvgIpc) is 3.48. The van der Waals surface area contributed by atoms with Crippen molar-refractivity contribution in [3.05, 3.63) is 60.7 Å². The number of hydrogen-bond acceptors (Lipinski definition) is 5. The Labute approximate surface area is 240 Å². The summed E-state index contributed by atoms with van der Waals surface area (Å²) in [5.74, 6) is 2.58. The number of fused-ring (bicyclic) bond motifs is 2. The fraction of sp³-hybridized carbons (Fsp3) is 0.259. The highest BCUT2D eigenvalue weighted by Crippen LogP contribution is 2.28. The van der Waals surface area contributed by atoms with Gasteiger partial charge in [-0.05, 0) is 74.6 Å². The van der Waals surface area contributed by atoms with Gasteiger partial charge in [-0.1, -0.05) is 0 Å². The molecule has 3 aromatic carbocycles. The topological polar surface area (TPSA) is 105 Å². The number of nitrogens with one attached hydrogen (secondary N) is 2. The van der Waals surface area contributed by atoms with E-state index in [0.29, 0.717) is 6.61 Å². The van der Waals surface area contributed by atoms with Crippen LogP contribution in [0, 0.1) is 0 Å². The molecule has 4 N–H and O–H groups in total. The van der Waals surface area contributed by atoms with Crippen LogP contribution in [0.2, 0.25) is 0 Å². The molecule has 38 heavy (non-hydrogen) atoms. The van der Waals surface area contributed by atoms with Gasteiger partial charge in [0.2, 0.25) is 0 Å². The van der Waals surface area contributed by atoms with Crippen LogP contribution in [-0.2, 0) is 0 Å². The van der Waals surface area contributed by atoms with Crippen LogP contribution >= 0.6 is 37.2 Å². The molecule has 3 heterocycles. The van der Waals surface area contributed by atoms with Crippen molar-refractivity contribution in [2.75, 3.05) is 44.7 Å². The van der Waals surface area contributed by atoms with E-state index in [1.807, 2.05) is 37.3 Å². The van der Waals surface area contributed by atoms with Crippen molar-refractivity contribution in [3.63, 3.8) is 0 Å². The van der Waals surface area contributed by atoms with E-state index >= 15 is 0 Å². The number of aromatic nitrogens is 4. The van der Waals surface area contributed by atoms with Gasteiger partial charge in [0.1, 0.15) is 17.4 Å². The van der Waals surface area contributed by atoms with Crippen LogP contribution in [-0.4, -0.2) is 70.1 Å². The lowest BCUT2D eigenvalue weighted by Crippen LogP contribution is -2.44. The largest absolute Gasteiger partial charge is 0.494 e. The average molecular weight is 580 g/mol. The second-order valence-corrected chi connectivity index (χ2v) is 8.85. The number of piperazine rings is 1. The fourth-order valence-electron chi connectivity index (χ4n) is 4.57. The minimum atomic E-state index is 0. The number of benzene rings is 3. The summed E-state index contributed by atoms with van der Waals surface area (Å²) in [6.45, 7) is 6.93. The Balaban J connectivity index is 0.00000127. The standard InChI is InChI=1S/C27H28N6O.3ClH.H2O/c1-3-34-21-8-4-18(5-9-21)26-28-22-10-6-19(16-24(22)30-26)27-29-23-11-7-20(17-25(23)31-27)33-14-12-32(2)13-15-33;;;;/h4-11,16-17H,3,12-15H2,1-2H3,(H,28,30)(H,29,31);3*1H;1H2. The van der Waals surface area contributed by atoms with E-state index < -0.39 is 0 Å². The SMILES string of the molecule is CCOc1ccc(-c2nc3ccc(-c4nc5ccc(N6CCN(C)CC6)cc5[nH]4)cc3[nH]2)cc1.Cl.Cl.Cl.O. The molecule has 0 saturated carbocycles. The molecule has 0 spiro atoms. The summed E-state index contributed by atoms with van der Waals surface area (Å²) in [6, 6.07) is 20.7. The number of likely N-dealkylation sites (N-methyl/N-ethyl adjacent to an activating group) is 1. The zero-order valence-corrected chi connectivity index (χ0v) is 23.7. The Bertz CT molecular complexity index is 1460. The van der Waals surface area contributed by atoms with E-state index in [4.69, 9.17) is 14.7 Å². The lowest BCUT2D eigenvalue weighted by Gasteiger charge is -2.34. The molecule has 6 rings (SSSR count). The molecule has 8 nitrogen and oxygen atoms in total. The van der Waals surface area contributed by atoms with Crippen molar-refractivity contribution >= 4 is 65.0 Å². The second kappa shape index (κ2) is 13.2. The van der Waals surface area contributed by atoms with E-state index in [1.165, 1.54) is 5.69 Å². The van der Waals surface area contributed by atoms with E-state index in [0.717, 1.165) is 76.8 Å². The van der Waals surface area contributed by atoms with E-state index in [2.05, 4.69) is 57.1 Å². The third kappa shape index (κ3) is 6.17. The Morgan fingerprint density at radius 2 is 1.29 bits per heavy atom. The van der Waals surface area contributed by atoms with Gasteiger partial charge < -0.3 is 30.0 Å². The van der Waals surface area contributed by atoms with Gasteiger partial charge in [0.25, 0.3) is 0 Å². The van der Waals surface area contributed by atoms with E-state index in [9.17, 15) is 0 Å². The monoisotopic (exact) mass is 578 g/mol. The summed E-state index contributed by atoms with van der Waals surface area (Å²) >= 11 is 0. The second-order valence-electron chi connectivity index (χ2n) is 8.85. The number of rotatable bonds is 5. The van der Waals surface area contributed by atoms with Crippen LogP contribution in [0.1, 0.15) is 6.92 Å². The van der Waals surface area contributed by atoms with Crippen LogP contribution < -0.4 is 9.64 Å². The maximum atomic E-state index is 5.55. The quantitative estimate of drug-likeness (QED) is 0.292. The first-order chi connectivity index (χ1) is 16.7. The highest BCUT2D eigenvalue weighted by Gasteiger charge is 2.16. The minimum Gasteiger partial charge on any atom is -0.494 e. The van der Waals surface area contributed by atoms with Crippen molar-refractivity contribution in [2.24, 2.45) is 0 Å².